The quantitative estimate of drug-likeness (QED) is 0.752. The van der Waals surface area contributed by atoms with Crippen LogP contribution in [0.2, 0.25) is 0 Å². The zero-order valence-electron chi connectivity index (χ0n) is 10.1. The number of nitrogens with zero attached hydrogens (tertiary/aromatic N) is 2. The second kappa shape index (κ2) is 4.81. The molecule has 5 nitrogen and oxygen atoms in total. The highest BCUT2D eigenvalue weighted by Crippen LogP contribution is 2.20. The molecular formula is C14H12N4O. The first-order chi connectivity index (χ1) is 9.34. The third-order valence-electron chi connectivity index (χ3n) is 2.78. The van der Waals surface area contributed by atoms with E-state index in [1.165, 1.54) is 0 Å². The SMILES string of the molecule is O=C(Nc1ccccc1-n1ccnc1)c1ccc[nH]1. The Morgan fingerprint density at radius 2 is 2.11 bits per heavy atom. The van der Waals surface area contributed by atoms with Crippen molar-refractivity contribution < 1.29 is 4.79 Å². The number of aromatic nitrogens is 3. The summed E-state index contributed by atoms with van der Waals surface area (Å²) in [5.41, 5.74) is 2.14. The predicted octanol–water partition coefficient (Wildman–Crippen LogP) is 2.45. The van der Waals surface area contributed by atoms with Crippen molar-refractivity contribution in [1.29, 1.82) is 0 Å². The number of anilines is 1. The number of H-pyrrole nitrogens is 1. The van der Waals surface area contributed by atoms with Gasteiger partial charge in [-0.2, -0.15) is 0 Å². The minimum atomic E-state index is -0.169. The average molecular weight is 252 g/mol. The number of hydrogen-bond acceptors (Lipinski definition) is 2. The number of aromatic amines is 1. The zero-order valence-corrected chi connectivity index (χ0v) is 10.1. The van der Waals surface area contributed by atoms with Crippen LogP contribution in [0.15, 0.2) is 61.3 Å². The molecule has 3 aromatic rings. The van der Waals surface area contributed by atoms with Gasteiger partial charge < -0.3 is 14.9 Å². The fourth-order valence-corrected chi connectivity index (χ4v) is 1.87. The first-order valence-corrected chi connectivity index (χ1v) is 5.87. The topological polar surface area (TPSA) is 62.7 Å². The van der Waals surface area contributed by atoms with Crippen LogP contribution in [-0.2, 0) is 0 Å². The van der Waals surface area contributed by atoms with Gasteiger partial charge >= 0.3 is 0 Å². The summed E-state index contributed by atoms with van der Waals surface area (Å²) in [5.74, 6) is -0.169. The number of carbonyl (C=O) groups is 1. The first-order valence-electron chi connectivity index (χ1n) is 5.87. The Bertz CT molecular complexity index is 671. The Morgan fingerprint density at radius 1 is 1.21 bits per heavy atom. The monoisotopic (exact) mass is 252 g/mol. The standard InChI is InChI=1S/C14H12N4O/c19-14(12-5-3-7-16-12)17-11-4-1-2-6-13(11)18-9-8-15-10-18/h1-10,16H,(H,17,19). The van der Waals surface area contributed by atoms with Gasteiger partial charge in [-0.1, -0.05) is 12.1 Å². The van der Waals surface area contributed by atoms with Crippen LogP contribution in [0.1, 0.15) is 10.5 Å². The van der Waals surface area contributed by atoms with Crippen LogP contribution in [0.25, 0.3) is 5.69 Å². The molecule has 0 saturated carbocycles. The molecule has 0 unspecified atom stereocenters. The molecule has 0 atom stereocenters. The molecule has 0 bridgehead atoms. The molecule has 0 spiro atoms. The summed E-state index contributed by atoms with van der Waals surface area (Å²) < 4.78 is 1.85. The lowest BCUT2D eigenvalue weighted by Crippen LogP contribution is -2.13. The van der Waals surface area contributed by atoms with Crippen LogP contribution in [-0.4, -0.2) is 20.4 Å². The van der Waals surface area contributed by atoms with Gasteiger partial charge in [-0.25, -0.2) is 4.98 Å². The molecule has 0 fully saturated rings. The minimum Gasteiger partial charge on any atom is -0.357 e. The number of imidazole rings is 1. The molecular weight excluding hydrogens is 240 g/mol. The number of carbonyl (C=O) groups excluding carboxylic acids is 1. The second-order valence-electron chi connectivity index (χ2n) is 4.03. The third-order valence-corrected chi connectivity index (χ3v) is 2.78. The van der Waals surface area contributed by atoms with E-state index in [4.69, 9.17) is 0 Å². The number of amides is 1. The summed E-state index contributed by atoms with van der Waals surface area (Å²) in [5, 5.41) is 2.88. The van der Waals surface area contributed by atoms with Crippen molar-refractivity contribution in [3.05, 3.63) is 67.0 Å². The van der Waals surface area contributed by atoms with Crippen molar-refractivity contribution in [2.75, 3.05) is 5.32 Å². The average Bonchev–Trinajstić information content (AvgIpc) is 3.13. The molecule has 1 aromatic carbocycles. The van der Waals surface area contributed by atoms with E-state index in [0.717, 1.165) is 11.4 Å². The van der Waals surface area contributed by atoms with Crippen LogP contribution >= 0.6 is 0 Å². The molecule has 3 rings (SSSR count). The molecule has 2 aromatic heterocycles. The van der Waals surface area contributed by atoms with Crippen molar-refractivity contribution in [3.63, 3.8) is 0 Å². The lowest BCUT2D eigenvalue weighted by atomic mass is 10.2. The fourth-order valence-electron chi connectivity index (χ4n) is 1.87. The Kier molecular flexibility index (Phi) is 2.86. The Labute approximate surface area is 109 Å². The molecule has 19 heavy (non-hydrogen) atoms. The number of benzene rings is 1. The number of hydrogen-bond donors (Lipinski definition) is 2. The third kappa shape index (κ3) is 2.26. The lowest BCUT2D eigenvalue weighted by Gasteiger charge is -2.10. The molecule has 0 aliphatic rings. The van der Waals surface area contributed by atoms with Crippen molar-refractivity contribution in [1.82, 2.24) is 14.5 Å². The highest BCUT2D eigenvalue weighted by Gasteiger charge is 2.09. The largest absolute Gasteiger partial charge is 0.357 e. The summed E-state index contributed by atoms with van der Waals surface area (Å²) in [6.07, 6.45) is 6.94. The minimum absolute atomic E-state index is 0.169. The molecule has 2 heterocycles. The van der Waals surface area contributed by atoms with Crippen LogP contribution in [0.5, 0.6) is 0 Å². The second-order valence-corrected chi connectivity index (χ2v) is 4.03. The summed E-state index contributed by atoms with van der Waals surface area (Å²) in [7, 11) is 0. The maximum absolute atomic E-state index is 12.0. The Balaban J connectivity index is 1.92. The van der Waals surface area contributed by atoms with Crippen molar-refractivity contribution in [3.8, 4) is 5.69 Å². The molecule has 5 heteroatoms. The van der Waals surface area contributed by atoms with Crippen molar-refractivity contribution >= 4 is 11.6 Å². The van der Waals surface area contributed by atoms with E-state index in [9.17, 15) is 4.79 Å². The number of nitrogens with one attached hydrogen (secondary N) is 2. The summed E-state index contributed by atoms with van der Waals surface area (Å²) in [6, 6.07) is 11.1. The van der Waals surface area contributed by atoms with Gasteiger partial charge in [-0.15, -0.1) is 0 Å². The van der Waals surface area contributed by atoms with Crippen LogP contribution < -0.4 is 5.32 Å². The number of rotatable bonds is 3. The van der Waals surface area contributed by atoms with Gasteiger partial charge in [0.05, 0.1) is 17.7 Å². The first kappa shape index (κ1) is 11.3. The predicted molar refractivity (Wildman–Crippen MR) is 72.3 cm³/mol. The van der Waals surface area contributed by atoms with Gasteiger partial charge in [0.15, 0.2) is 0 Å². The zero-order chi connectivity index (χ0) is 13.1. The Morgan fingerprint density at radius 3 is 2.84 bits per heavy atom. The van der Waals surface area contributed by atoms with Gasteiger partial charge in [0.1, 0.15) is 5.69 Å². The molecule has 1 amide bonds. The molecule has 94 valence electrons. The van der Waals surface area contributed by atoms with E-state index in [0.29, 0.717) is 5.69 Å². The fraction of sp³-hybridized carbons (Fsp3) is 0. The van der Waals surface area contributed by atoms with Crippen LogP contribution in [0, 0.1) is 0 Å². The summed E-state index contributed by atoms with van der Waals surface area (Å²) in [6.45, 7) is 0. The van der Waals surface area contributed by atoms with E-state index in [2.05, 4.69) is 15.3 Å². The van der Waals surface area contributed by atoms with Gasteiger partial charge in [0.25, 0.3) is 5.91 Å². The van der Waals surface area contributed by atoms with Crippen molar-refractivity contribution in [2.24, 2.45) is 0 Å². The van der Waals surface area contributed by atoms with E-state index in [1.54, 1.807) is 30.9 Å². The Hall–Kier alpha value is -2.82. The summed E-state index contributed by atoms with van der Waals surface area (Å²) in [4.78, 5) is 18.9. The molecule has 0 aliphatic carbocycles. The van der Waals surface area contributed by atoms with Gasteiger partial charge in [-0.3, -0.25) is 4.79 Å². The van der Waals surface area contributed by atoms with Gasteiger partial charge in [0, 0.05) is 18.6 Å². The molecule has 0 saturated heterocycles. The smallest absolute Gasteiger partial charge is 0.272 e. The highest BCUT2D eigenvalue weighted by molar-refractivity contribution is 6.04. The van der Waals surface area contributed by atoms with Crippen molar-refractivity contribution in [2.45, 2.75) is 0 Å². The molecule has 0 radical (unpaired) electrons. The van der Waals surface area contributed by atoms with E-state index in [-0.39, 0.29) is 5.91 Å². The van der Waals surface area contributed by atoms with Crippen LogP contribution in [0.4, 0.5) is 5.69 Å². The van der Waals surface area contributed by atoms with Gasteiger partial charge in [0.2, 0.25) is 0 Å². The molecule has 2 N–H and O–H groups in total. The maximum Gasteiger partial charge on any atom is 0.272 e. The van der Waals surface area contributed by atoms with E-state index >= 15 is 0 Å². The van der Waals surface area contributed by atoms with E-state index in [1.807, 2.05) is 35.0 Å². The van der Waals surface area contributed by atoms with Gasteiger partial charge in [-0.05, 0) is 24.3 Å². The molecule has 0 aliphatic heterocycles. The maximum atomic E-state index is 12.0. The van der Waals surface area contributed by atoms with Crippen LogP contribution in [0.3, 0.4) is 0 Å². The highest BCUT2D eigenvalue weighted by atomic mass is 16.1. The lowest BCUT2D eigenvalue weighted by molar-refractivity contribution is 0.102. The van der Waals surface area contributed by atoms with E-state index < -0.39 is 0 Å². The summed E-state index contributed by atoms with van der Waals surface area (Å²) >= 11 is 0. The normalized spacial score (nSPS) is 10.3. The number of para-hydroxylation sites is 2.